The van der Waals surface area contributed by atoms with Gasteiger partial charge in [-0.2, -0.15) is 0 Å². The molecule has 0 bridgehead atoms. The van der Waals surface area contributed by atoms with E-state index < -0.39 is 0 Å². The van der Waals surface area contributed by atoms with Crippen LogP contribution in [0.5, 0.6) is 0 Å². The highest BCUT2D eigenvalue weighted by molar-refractivity contribution is 5.64. The lowest BCUT2D eigenvalue weighted by molar-refractivity contribution is 0.970. The SMILES string of the molecule is c1ccc(N(c2ccccc2)C2CC2)cc1. The van der Waals surface area contributed by atoms with Crippen LogP contribution in [0.1, 0.15) is 12.8 Å². The summed E-state index contributed by atoms with van der Waals surface area (Å²) >= 11 is 0. The molecular weight excluding hydrogens is 194 g/mol. The fraction of sp³-hybridized carbons (Fsp3) is 0.200. The molecule has 1 heteroatoms. The first kappa shape index (κ1) is 9.46. The molecule has 0 amide bonds. The number of hydrogen-bond donors (Lipinski definition) is 0. The molecule has 2 aromatic rings. The van der Waals surface area contributed by atoms with Gasteiger partial charge in [-0.3, -0.25) is 0 Å². The summed E-state index contributed by atoms with van der Waals surface area (Å²) in [5.74, 6) is 0. The second-order valence-corrected chi connectivity index (χ2v) is 4.27. The quantitative estimate of drug-likeness (QED) is 0.738. The van der Waals surface area contributed by atoms with Gasteiger partial charge in [0.2, 0.25) is 0 Å². The number of benzene rings is 2. The third-order valence-corrected chi connectivity index (χ3v) is 2.98. The van der Waals surface area contributed by atoms with Crippen molar-refractivity contribution in [2.75, 3.05) is 4.90 Å². The van der Waals surface area contributed by atoms with E-state index >= 15 is 0 Å². The van der Waals surface area contributed by atoms with Crippen molar-refractivity contribution in [3.8, 4) is 0 Å². The summed E-state index contributed by atoms with van der Waals surface area (Å²) in [6.07, 6.45) is 2.62. The molecule has 0 aromatic heterocycles. The molecule has 1 fully saturated rings. The van der Waals surface area contributed by atoms with Crippen LogP contribution in [0.2, 0.25) is 0 Å². The molecule has 16 heavy (non-hydrogen) atoms. The van der Waals surface area contributed by atoms with Crippen LogP contribution in [0, 0.1) is 0 Å². The Morgan fingerprint density at radius 2 is 1.12 bits per heavy atom. The zero-order valence-corrected chi connectivity index (χ0v) is 9.21. The predicted molar refractivity (Wildman–Crippen MR) is 68.0 cm³/mol. The molecule has 1 saturated carbocycles. The topological polar surface area (TPSA) is 3.24 Å². The summed E-state index contributed by atoms with van der Waals surface area (Å²) in [6, 6.07) is 22.0. The van der Waals surface area contributed by atoms with E-state index in [9.17, 15) is 0 Å². The first-order chi connectivity index (χ1) is 7.95. The molecule has 0 heterocycles. The Balaban J connectivity index is 1.99. The van der Waals surface area contributed by atoms with Crippen LogP contribution in [-0.4, -0.2) is 6.04 Å². The maximum Gasteiger partial charge on any atom is 0.0413 e. The van der Waals surface area contributed by atoms with E-state index in [1.807, 2.05) is 0 Å². The molecular formula is C15H15N. The number of rotatable bonds is 3. The van der Waals surface area contributed by atoms with Gasteiger partial charge >= 0.3 is 0 Å². The van der Waals surface area contributed by atoms with Crippen LogP contribution in [0.3, 0.4) is 0 Å². The van der Waals surface area contributed by atoms with Gasteiger partial charge in [0.05, 0.1) is 0 Å². The van der Waals surface area contributed by atoms with E-state index in [4.69, 9.17) is 0 Å². The van der Waals surface area contributed by atoms with Gasteiger partial charge in [-0.25, -0.2) is 0 Å². The molecule has 0 N–H and O–H groups in total. The van der Waals surface area contributed by atoms with Crippen molar-refractivity contribution in [1.82, 2.24) is 0 Å². The molecule has 0 aliphatic heterocycles. The van der Waals surface area contributed by atoms with Crippen molar-refractivity contribution in [3.63, 3.8) is 0 Å². The lowest BCUT2D eigenvalue weighted by Gasteiger charge is -2.24. The first-order valence-corrected chi connectivity index (χ1v) is 5.84. The average Bonchev–Trinajstić information content (AvgIpc) is 3.17. The largest absolute Gasteiger partial charge is 0.338 e. The number of nitrogens with zero attached hydrogens (tertiary/aromatic N) is 1. The van der Waals surface area contributed by atoms with Gasteiger partial charge < -0.3 is 4.90 Å². The van der Waals surface area contributed by atoms with Crippen molar-refractivity contribution in [1.29, 1.82) is 0 Å². The highest BCUT2D eigenvalue weighted by Crippen LogP contribution is 2.37. The van der Waals surface area contributed by atoms with E-state index in [0.29, 0.717) is 6.04 Å². The Hall–Kier alpha value is -1.76. The van der Waals surface area contributed by atoms with Gasteiger partial charge in [0, 0.05) is 17.4 Å². The van der Waals surface area contributed by atoms with Crippen molar-refractivity contribution >= 4 is 11.4 Å². The van der Waals surface area contributed by atoms with E-state index in [1.165, 1.54) is 24.2 Å². The molecule has 0 saturated heterocycles. The lowest BCUT2D eigenvalue weighted by atomic mass is 10.2. The van der Waals surface area contributed by atoms with Gasteiger partial charge in [0.1, 0.15) is 0 Å². The number of hydrogen-bond acceptors (Lipinski definition) is 1. The van der Waals surface area contributed by atoms with Crippen molar-refractivity contribution in [3.05, 3.63) is 60.7 Å². The predicted octanol–water partition coefficient (Wildman–Crippen LogP) is 3.99. The maximum absolute atomic E-state index is 2.44. The van der Waals surface area contributed by atoms with Gasteiger partial charge in [-0.15, -0.1) is 0 Å². The van der Waals surface area contributed by atoms with E-state index in [2.05, 4.69) is 65.6 Å². The third-order valence-electron chi connectivity index (χ3n) is 2.98. The molecule has 80 valence electrons. The molecule has 3 rings (SSSR count). The first-order valence-electron chi connectivity index (χ1n) is 5.84. The monoisotopic (exact) mass is 209 g/mol. The Bertz CT molecular complexity index is 406. The molecule has 0 spiro atoms. The summed E-state index contributed by atoms with van der Waals surface area (Å²) in [4.78, 5) is 2.44. The normalized spacial score (nSPS) is 14.8. The molecule has 1 aliphatic rings. The molecule has 2 aromatic carbocycles. The van der Waals surface area contributed by atoms with Crippen LogP contribution >= 0.6 is 0 Å². The van der Waals surface area contributed by atoms with E-state index in [0.717, 1.165) is 0 Å². The van der Waals surface area contributed by atoms with Crippen molar-refractivity contribution in [2.45, 2.75) is 18.9 Å². The minimum Gasteiger partial charge on any atom is -0.338 e. The zero-order chi connectivity index (χ0) is 10.8. The van der Waals surface area contributed by atoms with E-state index in [1.54, 1.807) is 0 Å². The lowest BCUT2D eigenvalue weighted by Crippen LogP contribution is -2.18. The smallest absolute Gasteiger partial charge is 0.0413 e. The molecule has 0 radical (unpaired) electrons. The van der Waals surface area contributed by atoms with Crippen molar-refractivity contribution < 1.29 is 0 Å². The fourth-order valence-corrected chi connectivity index (χ4v) is 2.08. The second-order valence-electron chi connectivity index (χ2n) is 4.27. The Labute approximate surface area is 96.3 Å². The summed E-state index contributed by atoms with van der Waals surface area (Å²) in [5, 5.41) is 0. The zero-order valence-electron chi connectivity index (χ0n) is 9.21. The maximum atomic E-state index is 2.44. The minimum absolute atomic E-state index is 0.699. The van der Waals surface area contributed by atoms with Gasteiger partial charge in [0.25, 0.3) is 0 Å². The average molecular weight is 209 g/mol. The molecule has 1 nitrogen and oxygen atoms in total. The van der Waals surface area contributed by atoms with Gasteiger partial charge in [-0.1, -0.05) is 36.4 Å². The van der Waals surface area contributed by atoms with Gasteiger partial charge in [0.15, 0.2) is 0 Å². The third kappa shape index (κ3) is 1.81. The standard InChI is InChI=1S/C15H15N/c1-3-7-13(8-4-1)16(15-11-12-15)14-9-5-2-6-10-14/h1-10,15H,11-12H2. The Morgan fingerprint density at radius 1 is 0.688 bits per heavy atom. The van der Waals surface area contributed by atoms with Gasteiger partial charge in [-0.05, 0) is 37.1 Å². The van der Waals surface area contributed by atoms with E-state index in [-0.39, 0.29) is 0 Å². The highest BCUT2D eigenvalue weighted by atomic mass is 15.2. The Morgan fingerprint density at radius 3 is 1.50 bits per heavy atom. The molecule has 1 aliphatic carbocycles. The number of anilines is 2. The van der Waals surface area contributed by atoms with Crippen LogP contribution in [-0.2, 0) is 0 Å². The molecule has 0 unspecified atom stereocenters. The highest BCUT2D eigenvalue weighted by Gasteiger charge is 2.30. The van der Waals surface area contributed by atoms with Crippen LogP contribution in [0.15, 0.2) is 60.7 Å². The van der Waals surface area contributed by atoms with Crippen LogP contribution in [0.4, 0.5) is 11.4 Å². The summed E-state index contributed by atoms with van der Waals surface area (Å²) in [7, 11) is 0. The summed E-state index contributed by atoms with van der Waals surface area (Å²) in [6.45, 7) is 0. The minimum atomic E-state index is 0.699. The molecule has 0 atom stereocenters. The van der Waals surface area contributed by atoms with Crippen LogP contribution < -0.4 is 4.90 Å². The number of para-hydroxylation sites is 2. The summed E-state index contributed by atoms with van der Waals surface area (Å²) in [5.41, 5.74) is 2.60. The summed E-state index contributed by atoms with van der Waals surface area (Å²) < 4.78 is 0. The Kier molecular flexibility index (Phi) is 2.37. The van der Waals surface area contributed by atoms with Crippen molar-refractivity contribution in [2.24, 2.45) is 0 Å². The second kappa shape index (κ2) is 4.01. The fourth-order valence-electron chi connectivity index (χ4n) is 2.08. The van der Waals surface area contributed by atoms with Crippen LogP contribution in [0.25, 0.3) is 0 Å².